The maximum atomic E-state index is 2.48. The first kappa shape index (κ1) is 17.5. The van der Waals surface area contributed by atoms with Crippen LogP contribution in [0.2, 0.25) is 0 Å². The molecule has 1 heteroatoms. The van der Waals surface area contributed by atoms with Crippen LogP contribution in [-0.2, 0) is 13.0 Å². The lowest BCUT2D eigenvalue weighted by Crippen LogP contribution is -2.03. The first-order chi connectivity index (χ1) is 14.4. The van der Waals surface area contributed by atoms with Gasteiger partial charge >= 0.3 is 0 Å². The first-order valence-corrected chi connectivity index (χ1v) is 10.1. The van der Waals surface area contributed by atoms with Crippen molar-refractivity contribution in [1.82, 2.24) is 4.57 Å². The fraction of sp³-hybridized carbons (Fsp3) is 0.0714. The molecule has 140 valence electrons. The zero-order chi connectivity index (χ0) is 19.5. The van der Waals surface area contributed by atoms with E-state index in [-0.39, 0.29) is 0 Å². The van der Waals surface area contributed by atoms with Gasteiger partial charge < -0.3 is 4.57 Å². The highest BCUT2D eigenvalue weighted by atomic mass is 15.0. The second kappa shape index (κ2) is 7.81. The van der Waals surface area contributed by atoms with E-state index in [1.807, 2.05) is 0 Å². The number of aromatic nitrogens is 1. The van der Waals surface area contributed by atoms with Crippen molar-refractivity contribution in [2.45, 2.75) is 13.0 Å². The Morgan fingerprint density at radius 1 is 0.517 bits per heavy atom. The van der Waals surface area contributed by atoms with Crippen LogP contribution in [0.4, 0.5) is 0 Å². The molecule has 4 aromatic carbocycles. The van der Waals surface area contributed by atoms with Gasteiger partial charge in [0, 0.05) is 23.9 Å². The van der Waals surface area contributed by atoms with Crippen LogP contribution < -0.4 is 0 Å². The lowest BCUT2D eigenvalue weighted by molar-refractivity contribution is 0.840. The van der Waals surface area contributed by atoms with Gasteiger partial charge in [-0.1, -0.05) is 109 Å². The summed E-state index contributed by atoms with van der Waals surface area (Å²) in [6.07, 6.45) is 0.924. The summed E-state index contributed by atoms with van der Waals surface area (Å²) in [6.45, 7) is 0.861. The van der Waals surface area contributed by atoms with Crippen molar-refractivity contribution in [3.05, 3.63) is 132 Å². The topological polar surface area (TPSA) is 4.93 Å². The maximum Gasteiger partial charge on any atom is 0.0530 e. The van der Waals surface area contributed by atoms with E-state index < -0.39 is 0 Å². The molecule has 0 saturated heterocycles. The van der Waals surface area contributed by atoms with Crippen LogP contribution in [0.3, 0.4) is 0 Å². The largest absolute Gasteiger partial charge is 0.336 e. The van der Waals surface area contributed by atoms with Crippen molar-refractivity contribution in [2.75, 3.05) is 0 Å². The Morgan fingerprint density at radius 3 is 1.76 bits per heavy atom. The summed E-state index contributed by atoms with van der Waals surface area (Å²) in [5, 5.41) is 1.34. The summed E-state index contributed by atoms with van der Waals surface area (Å²) < 4.78 is 2.48. The van der Waals surface area contributed by atoms with E-state index in [0.29, 0.717) is 0 Å². The van der Waals surface area contributed by atoms with E-state index in [0.717, 1.165) is 13.0 Å². The third kappa shape index (κ3) is 3.48. The van der Waals surface area contributed by atoms with Crippen LogP contribution in [0.1, 0.15) is 16.7 Å². The molecule has 0 aliphatic carbocycles. The smallest absolute Gasteiger partial charge is 0.0530 e. The van der Waals surface area contributed by atoms with Gasteiger partial charge in [-0.2, -0.15) is 0 Å². The minimum Gasteiger partial charge on any atom is -0.336 e. The van der Waals surface area contributed by atoms with E-state index in [4.69, 9.17) is 0 Å². The number of benzene rings is 4. The quantitative estimate of drug-likeness (QED) is 0.314. The molecule has 0 N–H and O–H groups in total. The maximum absolute atomic E-state index is 2.48. The molecular weight excluding hydrogens is 350 g/mol. The molecule has 0 amide bonds. The third-order valence-electron chi connectivity index (χ3n) is 5.53. The Morgan fingerprint density at radius 2 is 1.07 bits per heavy atom. The minimum absolute atomic E-state index is 0.861. The number of rotatable bonds is 5. The molecule has 0 saturated carbocycles. The first-order valence-electron chi connectivity index (χ1n) is 10.1. The Kier molecular flexibility index (Phi) is 4.72. The Balaban J connectivity index is 1.76. The highest BCUT2D eigenvalue weighted by molar-refractivity contribution is 5.92. The third-order valence-corrected chi connectivity index (χ3v) is 5.53. The van der Waals surface area contributed by atoms with Gasteiger partial charge in [-0.15, -0.1) is 0 Å². The molecule has 0 fully saturated rings. The standard InChI is InChI=1S/C28H23N/c1-4-12-22(13-5-1)20-26-25-18-10-11-19-27(25)29(21-23-14-6-2-7-15-23)28(26)24-16-8-3-9-17-24/h1-19H,20-21H2. The normalized spacial score (nSPS) is 11.0. The Labute approximate surface area is 171 Å². The molecule has 5 aromatic rings. The molecule has 0 aliphatic rings. The van der Waals surface area contributed by atoms with Gasteiger partial charge in [-0.3, -0.25) is 0 Å². The molecule has 0 bridgehead atoms. The summed E-state index contributed by atoms with van der Waals surface area (Å²) >= 11 is 0. The van der Waals surface area contributed by atoms with Crippen LogP contribution in [0, 0.1) is 0 Å². The minimum atomic E-state index is 0.861. The molecule has 1 heterocycles. The van der Waals surface area contributed by atoms with Gasteiger partial charge in [-0.25, -0.2) is 0 Å². The number of hydrogen-bond donors (Lipinski definition) is 0. The van der Waals surface area contributed by atoms with Gasteiger partial charge in [0.25, 0.3) is 0 Å². The molecule has 0 unspecified atom stereocenters. The molecule has 0 radical (unpaired) electrons. The second-order valence-electron chi connectivity index (χ2n) is 7.44. The molecular formula is C28H23N. The number of hydrogen-bond acceptors (Lipinski definition) is 0. The lowest BCUT2D eigenvalue weighted by atomic mass is 9.98. The average Bonchev–Trinajstić information content (AvgIpc) is 3.09. The predicted molar refractivity (Wildman–Crippen MR) is 122 cm³/mol. The van der Waals surface area contributed by atoms with Gasteiger partial charge in [0.05, 0.1) is 5.69 Å². The van der Waals surface area contributed by atoms with Gasteiger partial charge in [0.2, 0.25) is 0 Å². The molecule has 1 nitrogen and oxygen atoms in total. The number of nitrogens with zero attached hydrogens (tertiary/aromatic N) is 1. The van der Waals surface area contributed by atoms with Crippen LogP contribution in [0.25, 0.3) is 22.2 Å². The summed E-state index contributed by atoms with van der Waals surface area (Å²) in [4.78, 5) is 0. The number of fused-ring (bicyclic) bond motifs is 1. The van der Waals surface area contributed by atoms with E-state index in [1.54, 1.807) is 0 Å². The van der Waals surface area contributed by atoms with E-state index in [1.165, 1.54) is 38.9 Å². The van der Waals surface area contributed by atoms with Crippen LogP contribution >= 0.6 is 0 Å². The van der Waals surface area contributed by atoms with Crippen molar-refractivity contribution in [3.63, 3.8) is 0 Å². The van der Waals surface area contributed by atoms with Crippen molar-refractivity contribution in [2.24, 2.45) is 0 Å². The summed E-state index contributed by atoms with van der Waals surface area (Å²) in [5.41, 5.74) is 7.93. The van der Waals surface area contributed by atoms with Crippen molar-refractivity contribution < 1.29 is 0 Å². The zero-order valence-electron chi connectivity index (χ0n) is 16.3. The molecule has 0 atom stereocenters. The molecule has 5 rings (SSSR count). The summed E-state index contributed by atoms with van der Waals surface area (Å²) in [6, 6.07) is 41.1. The van der Waals surface area contributed by atoms with Crippen molar-refractivity contribution in [3.8, 4) is 11.3 Å². The van der Waals surface area contributed by atoms with Crippen LogP contribution in [0.5, 0.6) is 0 Å². The molecule has 29 heavy (non-hydrogen) atoms. The van der Waals surface area contributed by atoms with Crippen LogP contribution in [0.15, 0.2) is 115 Å². The molecule has 0 spiro atoms. The fourth-order valence-corrected chi connectivity index (χ4v) is 4.21. The summed E-state index contributed by atoms with van der Waals surface area (Å²) in [7, 11) is 0. The van der Waals surface area contributed by atoms with Crippen LogP contribution in [-0.4, -0.2) is 4.57 Å². The van der Waals surface area contributed by atoms with Crippen molar-refractivity contribution >= 4 is 10.9 Å². The predicted octanol–water partition coefficient (Wildman–Crippen LogP) is 6.95. The molecule has 1 aromatic heterocycles. The Bertz CT molecular complexity index is 1140. The monoisotopic (exact) mass is 373 g/mol. The van der Waals surface area contributed by atoms with E-state index in [2.05, 4.69) is 120 Å². The highest BCUT2D eigenvalue weighted by Gasteiger charge is 2.18. The average molecular weight is 373 g/mol. The second-order valence-corrected chi connectivity index (χ2v) is 7.44. The summed E-state index contributed by atoms with van der Waals surface area (Å²) in [5.74, 6) is 0. The van der Waals surface area contributed by atoms with Gasteiger partial charge in [-0.05, 0) is 28.3 Å². The van der Waals surface area contributed by atoms with E-state index >= 15 is 0 Å². The highest BCUT2D eigenvalue weighted by Crippen LogP contribution is 2.36. The molecule has 0 aliphatic heterocycles. The Hall–Kier alpha value is -3.58. The van der Waals surface area contributed by atoms with Crippen molar-refractivity contribution in [1.29, 1.82) is 0 Å². The van der Waals surface area contributed by atoms with Gasteiger partial charge in [0.15, 0.2) is 0 Å². The van der Waals surface area contributed by atoms with Gasteiger partial charge in [0.1, 0.15) is 0 Å². The SMILES string of the molecule is c1ccc(Cc2c(-c3ccccc3)n(Cc3ccccc3)c3ccccc23)cc1. The lowest BCUT2D eigenvalue weighted by Gasteiger charge is -2.13. The fourth-order valence-electron chi connectivity index (χ4n) is 4.21. The van der Waals surface area contributed by atoms with E-state index in [9.17, 15) is 0 Å². The zero-order valence-corrected chi connectivity index (χ0v) is 16.3. The number of para-hydroxylation sites is 1.